The summed E-state index contributed by atoms with van der Waals surface area (Å²) in [4.78, 5) is 19.7. The minimum atomic E-state index is -0.0501. The molecule has 0 saturated heterocycles. The molecule has 1 heterocycles. The summed E-state index contributed by atoms with van der Waals surface area (Å²) in [5.41, 5.74) is 4.21. The van der Waals surface area contributed by atoms with E-state index >= 15 is 0 Å². The maximum atomic E-state index is 13.2. The smallest absolute Gasteiger partial charge is 0.313 e. The van der Waals surface area contributed by atoms with E-state index in [9.17, 15) is 4.79 Å². The van der Waals surface area contributed by atoms with E-state index in [1.165, 1.54) is 30.4 Å². The largest absolute Gasteiger partial charge is 0.322 e. The van der Waals surface area contributed by atoms with Crippen molar-refractivity contribution >= 4 is 11.7 Å². The molecule has 4 nitrogen and oxygen atoms in total. The molecule has 0 aliphatic heterocycles. The van der Waals surface area contributed by atoms with E-state index in [1.807, 2.05) is 35.2 Å². The number of rotatable bonds is 4. The molecular weight excluding hydrogens is 322 g/mol. The van der Waals surface area contributed by atoms with Gasteiger partial charge in [0.15, 0.2) is 0 Å². The Labute approximate surface area is 156 Å². The molecule has 1 fully saturated rings. The first-order valence-electron chi connectivity index (χ1n) is 9.64. The van der Waals surface area contributed by atoms with Gasteiger partial charge >= 0.3 is 6.03 Å². The van der Waals surface area contributed by atoms with E-state index in [1.54, 1.807) is 6.20 Å². The third-order valence-corrected chi connectivity index (χ3v) is 5.49. The summed E-state index contributed by atoms with van der Waals surface area (Å²) >= 11 is 0. The van der Waals surface area contributed by atoms with Gasteiger partial charge in [0.2, 0.25) is 0 Å². The number of hydrogen-bond donors (Lipinski definition) is 1. The predicted octanol–water partition coefficient (Wildman–Crippen LogP) is 5.63. The zero-order chi connectivity index (χ0) is 18.5. The summed E-state index contributed by atoms with van der Waals surface area (Å²) in [6, 6.07) is 12.2. The summed E-state index contributed by atoms with van der Waals surface area (Å²) in [6.45, 7) is 6.23. The Bertz CT molecular complexity index is 738. The highest BCUT2D eigenvalue weighted by Crippen LogP contribution is 2.30. The number of pyridine rings is 1. The van der Waals surface area contributed by atoms with Crippen LogP contribution in [0.2, 0.25) is 0 Å². The molecule has 2 amide bonds. The van der Waals surface area contributed by atoms with E-state index in [2.05, 4.69) is 37.1 Å². The molecule has 1 aliphatic rings. The van der Waals surface area contributed by atoms with Gasteiger partial charge in [0.05, 0.1) is 11.7 Å². The van der Waals surface area contributed by atoms with Crippen molar-refractivity contribution in [3.63, 3.8) is 0 Å². The second-order valence-electron chi connectivity index (χ2n) is 7.36. The van der Waals surface area contributed by atoms with E-state index in [4.69, 9.17) is 0 Å². The van der Waals surface area contributed by atoms with Gasteiger partial charge in [-0.1, -0.05) is 31.4 Å². The minimum Gasteiger partial charge on any atom is -0.313 e. The van der Waals surface area contributed by atoms with Gasteiger partial charge in [-0.05, 0) is 69.0 Å². The van der Waals surface area contributed by atoms with Crippen LogP contribution in [0.4, 0.5) is 10.5 Å². The lowest BCUT2D eigenvalue weighted by atomic mass is 9.93. The molecular formula is C22H29N3O. The predicted molar refractivity (Wildman–Crippen MR) is 106 cm³/mol. The lowest BCUT2D eigenvalue weighted by molar-refractivity contribution is 0.138. The quantitative estimate of drug-likeness (QED) is 0.776. The lowest BCUT2D eigenvalue weighted by Crippen LogP contribution is -2.45. The number of carbonyl (C=O) groups is 1. The van der Waals surface area contributed by atoms with Gasteiger partial charge in [-0.15, -0.1) is 0 Å². The fourth-order valence-electron chi connectivity index (χ4n) is 3.79. The Balaban J connectivity index is 1.83. The summed E-state index contributed by atoms with van der Waals surface area (Å²) in [5, 5.41) is 3.12. The van der Waals surface area contributed by atoms with Gasteiger partial charge in [-0.3, -0.25) is 4.98 Å². The number of anilines is 1. The minimum absolute atomic E-state index is 0.0293. The fourth-order valence-corrected chi connectivity index (χ4v) is 3.79. The Morgan fingerprint density at radius 3 is 2.54 bits per heavy atom. The molecule has 1 aromatic carbocycles. The molecule has 1 saturated carbocycles. The maximum absolute atomic E-state index is 13.2. The molecule has 0 unspecified atom stereocenters. The number of hydrogen-bond acceptors (Lipinski definition) is 2. The van der Waals surface area contributed by atoms with Crippen LogP contribution < -0.4 is 5.32 Å². The van der Waals surface area contributed by atoms with Crippen LogP contribution in [0.1, 0.15) is 61.9 Å². The van der Waals surface area contributed by atoms with Crippen molar-refractivity contribution in [1.29, 1.82) is 0 Å². The van der Waals surface area contributed by atoms with Crippen molar-refractivity contribution in [1.82, 2.24) is 9.88 Å². The number of carbonyl (C=O) groups excluding carboxylic acids is 1. The molecule has 1 atom stereocenters. The van der Waals surface area contributed by atoms with Gasteiger partial charge < -0.3 is 10.2 Å². The molecule has 0 spiro atoms. The van der Waals surface area contributed by atoms with E-state index in [0.717, 1.165) is 24.2 Å². The number of amides is 2. The van der Waals surface area contributed by atoms with Crippen molar-refractivity contribution in [2.75, 3.05) is 5.32 Å². The number of urea groups is 1. The Hall–Kier alpha value is -2.36. The van der Waals surface area contributed by atoms with E-state index < -0.39 is 0 Å². The number of nitrogens with one attached hydrogen (secondary N) is 1. The van der Waals surface area contributed by atoms with Crippen molar-refractivity contribution < 1.29 is 4.79 Å². The van der Waals surface area contributed by atoms with Crippen LogP contribution in [-0.2, 0) is 0 Å². The van der Waals surface area contributed by atoms with Crippen LogP contribution in [0.3, 0.4) is 0 Å². The third kappa shape index (κ3) is 4.24. The summed E-state index contributed by atoms with van der Waals surface area (Å²) < 4.78 is 0. The fraction of sp³-hybridized carbons (Fsp3) is 0.455. The van der Waals surface area contributed by atoms with Crippen LogP contribution in [0, 0.1) is 13.8 Å². The Kier molecular flexibility index (Phi) is 5.92. The lowest BCUT2D eigenvalue weighted by Gasteiger charge is -2.38. The molecule has 26 heavy (non-hydrogen) atoms. The summed E-state index contributed by atoms with van der Waals surface area (Å²) in [6.07, 6.45) is 7.57. The third-order valence-electron chi connectivity index (χ3n) is 5.49. The highest BCUT2D eigenvalue weighted by Gasteiger charge is 2.31. The summed E-state index contributed by atoms with van der Waals surface area (Å²) in [7, 11) is 0. The van der Waals surface area contributed by atoms with Crippen LogP contribution >= 0.6 is 0 Å². The molecule has 138 valence electrons. The molecule has 1 N–H and O–H groups in total. The molecule has 3 rings (SSSR count). The van der Waals surface area contributed by atoms with E-state index in [-0.39, 0.29) is 18.1 Å². The Morgan fingerprint density at radius 2 is 1.88 bits per heavy atom. The molecule has 0 radical (unpaired) electrons. The molecule has 0 bridgehead atoms. The highest BCUT2D eigenvalue weighted by atomic mass is 16.2. The SMILES string of the molecule is Cc1ccc(NC(=O)N(C2CCCCC2)[C@H](C)c2ccccn2)cc1C. The van der Waals surface area contributed by atoms with Gasteiger partial charge in [0.1, 0.15) is 0 Å². The average molecular weight is 351 g/mol. The van der Waals surface area contributed by atoms with Crippen LogP contribution in [0.25, 0.3) is 0 Å². The summed E-state index contributed by atoms with van der Waals surface area (Å²) in [5.74, 6) is 0. The van der Waals surface area contributed by atoms with Gasteiger partial charge in [0.25, 0.3) is 0 Å². The standard InChI is InChI=1S/C22H29N3O/c1-16-12-13-19(15-17(16)2)24-22(26)25(20-9-5-4-6-10-20)18(3)21-11-7-8-14-23-21/h7-8,11-15,18,20H,4-6,9-10H2,1-3H3,(H,24,26)/t18-/m1/s1. The second-order valence-corrected chi connectivity index (χ2v) is 7.36. The van der Waals surface area contributed by atoms with Crippen LogP contribution in [-0.4, -0.2) is 22.0 Å². The number of benzene rings is 1. The molecule has 2 aromatic rings. The molecule has 4 heteroatoms. The number of aryl methyl sites for hydroxylation is 2. The first-order chi connectivity index (χ1) is 12.6. The van der Waals surface area contributed by atoms with Crippen molar-refractivity contribution in [2.45, 2.75) is 65.0 Å². The zero-order valence-corrected chi connectivity index (χ0v) is 16.0. The number of aromatic nitrogens is 1. The first-order valence-corrected chi connectivity index (χ1v) is 9.64. The zero-order valence-electron chi connectivity index (χ0n) is 16.0. The van der Waals surface area contributed by atoms with Crippen molar-refractivity contribution in [3.8, 4) is 0 Å². The van der Waals surface area contributed by atoms with Gasteiger partial charge in [0, 0.05) is 17.9 Å². The van der Waals surface area contributed by atoms with Gasteiger partial charge in [-0.2, -0.15) is 0 Å². The van der Waals surface area contributed by atoms with E-state index in [0.29, 0.717) is 0 Å². The second kappa shape index (κ2) is 8.35. The topological polar surface area (TPSA) is 45.2 Å². The molecule has 1 aromatic heterocycles. The number of nitrogens with zero attached hydrogens (tertiary/aromatic N) is 2. The van der Waals surface area contributed by atoms with Crippen LogP contribution in [0.5, 0.6) is 0 Å². The van der Waals surface area contributed by atoms with Gasteiger partial charge in [-0.25, -0.2) is 4.79 Å². The Morgan fingerprint density at radius 1 is 1.12 bits per heavy atom. The van der Waals surface area contributed by atoms with Crippen molar-refractivity contribution in [3.05, 3.63) is 59.4 Å². The first kappa shape index (κ1) is 18.4. The maximum Gasteiger partial charge on any atom is 0.322 e. The highest BCUT2D eigenvalue weighted by molar-refractivity contribution is 5.90. The normalized spacial score (nSPS) is 16.1. The monoisotopic (exact) mass is 351 g/mol. The van der Waals surface area contributed by atoms with Crippen LogP contribution in [0.15, 0.2) is 42.6 Å². The van der Waals surface area contributed by atoms with Crippen molar-refractivity contribution in [2.24, 2.45) is 0 Å². The average Bonchev–Trinajstić information content (AvgIpc) is 2.66. The molecule has 1 aliphatic carbocycles.